The summed E-state index contributed by atoms with van der Waals surface area (Å²) in [5.74, 6) is -1.79. The summed E-state index contributed by atoms with van der Waals surface area (Å²) in [6.45, 7) is 7.71. The zero-order valence-electron chi connectivity index (χ0n) is 26.5. The molecule has 3 heterocycles. The fraction of sp³-hybridized carbons (Fsp3) is 0.741. The van der Waals surface area contributed by atoms with Crippen molar-refractivity contribution in [3.8, 4) is 0 Å². The molecule has 8 heteroatoms. The molecule has 35 heavy (non-hydrogen) atoms. The van der Waals surface area contributed by atoms with Gasteiger partial charge in [0.1, 0.15) is 5.78 Å². The number of amides is 1. The third kappa shape index (κ3) is 6.59. The van der Waals surface area contributed by atoms with Crippen LogP contribution in [-0.4, -0.2) is 58.3 Å². The Kier molecular flexibility index (Phi) is 6.62. The van der Waals surface area contributed by atoms with Crippen molar-refractivity contribution in [3.63, 3.8) is 0 Å². The highest BCUT2D eigenvalue weighted by molar-refractivity contribution is 7.09. The predicted octanol–water partition coefficient (Wildman–Crippen LogP) is 4.05. The third-order valence-electron chi connectivity index (χ3n) is 7.70. The number of nitrogens with one attached hydrogen (secondary N) is 1. The maximum absolute atomic E-state index is 13.5. The first-order valence-electron chi connectivity index (χ1n) is 14.8. The molecule has 3 rings (SSSR count). The van der Waals surface area contributed by atoms with Gasteiger partial charge in [-0.3, -0.25) is 9.59 Å². The molecule has 196 valence electrons. The van der Waals surface area contributed by atoms with Gasteiger partial charge in [-0.05, 0) is 51.1 Å². The Morgan fingerprint density at radius 3 is 2.77 bits per heavy atom. The molecule has 2 aliphatic heterocycles. The van der Waals surface area contributed by atoms with Crippen LogP contribution in [0.4, 0.5) is 0 Å². The minimum absolute atomic E-state index is 0.119. The maximum Gasteiger partial charge on any atom is 0.223 e. The minimum Gasteiger partial charge on any atom is -0.392 e. The van der Waals surface area contributed by atoms with Gasteiger partial charge < -0.3 is 20.3 Å². The minimum atomic E-state index is -2.71. The Labute approximate surface area is 220 Å². The molecule has 1 aromatic heterocycles. The van der Waals surface area contributed by atoms with Crippen LogP contribution in [0.15, 0.2) is 11.0 Å². The number of ketones is 1. The number of ether oxygens (including phenoxy) is 1. The van der Waals surface area contributed by atoms with E-state index in [9.17, 15) is 14.7 Å². The lowest BCUT2D eigenvalue weighted by Crippen LogP contribution is -2.47. The molecule has 0 bridgehead atoms. The smallest absolute Gasteiger partial charge is 0.223 e. The number of aryl methyl sites for hydroxylation is 1. The Morgan fingerprint density at radius 1 is 1.40 bits per heavy atom. The molecular formula is C27H42N2O5S. The second-order valence-electron chi connectivity index (χ2n) is 11.0. The lowest BCUT2D eigenvalue weighted by atomic mass is 9.72. The van der Waals surface area contributed by atoms with E-state index >= 15 is 0 Å². The van der Waals surface area contributed by atoms with E-state index < -0.39 is 54.4 Å². The Morgan fingerprint density at radius 2 is 2.14 bits per heavy atom. The number of fused-ring (bicyclic) bond motifs is 1. The molecule has 7 nitrogen and oxygen atoms in total. The molecule has 0 aliphatic carbocycles. The van der Waals surface area contributed by atoms with Crippen LogP contribution in [0.1, 0.15) is 89.8 Å². The van der Waals surface area contributed by atoms with Gasteiger partial charge in [0.05, 0.1) is 53.9 Å². The summed E-state index contributed by atoms with van der Waals surface area (Å²) in [6.07, 6.45) is -0.671. The molecule has 0 saturated carbocycles. The molecule has 0 radical (unpaired) electrons. The van der Waals surface area contributed by atoms with Gasteiger partial charge in [-0.1, -0.05) is 34.1 Å². The van der Waals surface area contributed by atoms with E-state index in [-0.39, 0.29) is 41.5 Å². The van der Waals surface area contributed by atoms with Gasteiger partial charge in [0, 0.05) is 21.8 Å². The highest BCUT2D eigenvalue weighted by Crippen LogP contribution is 2.44. The van der Waals surface area contributed by atoms with Gasteiger partial charge in [-0.2, -0.15) is 0 Å². The molecule has 3 N–H and O–H groups in total. The molecule has 4 unspecified atom stereocenters. The normalized spacial score (nSPS) is 40.1. The second-order valence-corrected chi connectivity index (χ2v) is 12.1. The monoisotopic (exact) mass is 511 g/mol. The van der Waals surface area contributed by atoms with Crippen molar-refractivity contribution in [3.05, 3.63) is 21.7 Å². The van der Waals surface area contributed by atoms with E-state index in [1.807, 2.05) is 13.8 Å². The predicted molar refractivity (Wildman–Crippen MR) is 138 cm³/mol. The van der Waals surface area contributed by atoms with Gasteiger partial charge in [0.2, 0.25) is 7.34 Å². The number of hydrogen-bond donors (Lipinski definition) is 3. The Hall–Kier alpha value is -1.61. The van der Waals surface area contributed by atoms with E-state index in [0.717, 1.165) is 6.42 Å². The molecule has 2 aliphatic rings. The lowest BCUT2D eigenvalue weighted by Gasteiger charge is -2.34. The summed E-state index contributed by atoms with van der Waals surface area (Å²) < 4.78 is 47.2. The van der Waals surface area contributed by atoms with Crippen LogP contribution in [0, 0.1) is 24.2 Å². The van der Waals surface area contributed by atoms with E-state index in [2.05, 4.69) is 10.3 Å². The van der Waals surface area contributed by atoms with Gasteiger partial charge in [-0.15, -0.1) is 11.3 Å². The first kappa shape index (κ1) is 21.5. The average Bonchev–Trinajstić information content (AvgIpc) is 3.25. The van der Waals surface area contributed by atoms with E-state index in [4.69, 9.17) is 16.8 Å². The van der Waals surface area contributed by atoms with Crippen LogP contribution in [0.25, 0.3) is 6.05 Å². The summed E-state index contributed by atoms with van der Waals surface area (Å²) in [5.41, 5.74) is -1.90. The maximum atomic E-state index is 13.5. The number of carbonyl (C=O) groups is 2. The third-order valence-corrected chi connectivity index (χ3v) is 8.47. The van der Waals surface area contributed by atoms with Gasteiger partial charge in [-0.25, -0.2) is 4.98 Å². The molecular weight excluding hydrogens is 464 g/mol. The number of hydrogen-bond acceptors (Lipinski definition) is 7. The number of carbonyl (C=O) groups excluding carboxylic acids is 2. The fourth-order valence-corrected chi connectivity index (χ4v) is 5.48. The largest absolute Gasteiger partial charge is 0.392 e. The molecule has 2 saturated heterocycles. The summed E-state index contributed by atoms with van der Waals surface area (Å²) in [4.78, 5) is 31.0. The summed E-state index contributed by atoms with van der Waals surface area (Å²) >= 11 is 1.30. The topological polar surface area (TPSA) is 112 Å². The van der Waals surface area contributed by atoms with Crippen molar-refractivity contribution in [2.24, 2.45) is 17.3 Å². The number of rotatable bonds is 3. The number of Topliss-reactive ketones (excluding diaryl/α,β-unsaturated/α-hetero) is 1. The van der Waals surface area contributed by atoms with E-state index in [0.29, 0.717) is 17.8 Å². The molecule has 1 amide bonds. The number of aliphatic hydroxyl groups excluding tert-OH is 2. The highest BCUT2D eigenvalue weighted by atomic mass is 32.1. The quantitative estimate of drug-likeness (QED) is 0.528. The SMILES string of the molecule is [2H]O[C@H]1C(C)CCC[C@@]2(C)OC2C[C@@H](/C(=C(\[2H])c2csc(C)n2)C([2H])([2H])[2H])NC(=O)CC(O)C(C)(C)C(=O)C1C. The van der Waals surface area contributed by atoms with Gasteiger partial charge in [0.15, 0.2) is 0 Å². The number of epoxide rings is 1. The highest BCUT2D eigenvalue weighted by Gasteiger charge is 2.52. The van der Waals surface area contributed by atoms with Crippen molar-refractivity contribution in [1.29, 1.82) is 1.43 Å². The summed E-state index contributed by atoms with van der Waals surface area (Å²) in [5, 5.41) is 21.1. The van der Waals surface area contributed by atoms with Crippen molar-refractivity contribution in [1.82, 2.24) is 10.3 Å². The van der Waals surface area contributed by atoms with Crippen LogP contribution in [0.2, 0.25) is 0 Å². The van der Waals surface area contributed by atoms with Crippen molar-refractivity contribution in [2.75, 3.05) is 0 Å². The lowest BCUT2D eigenvalue weighted by molar-refractivity contribution is -0.143. The zero-order chi connectivity index (χ0) is 30.2. The Bertz CT molecular complexity index is 1120. The molecule has 1 aromatic rings. The summed E-state index contributed by atoms with van der Waals surface area (Å²) in [6, 6.07) is -1.34. The number of aliphatic hydroxyl groups is 2. The van der Waals surface area contributed by atoms with E-state index in [1.54, 1.807) is 33.1 Å². The first-order valence-corrected chi connectivity index (χ1v) is 13.3. The van der Waals surface area contributed by atoms with E-state index in [1.165, 1.54) is 11.3 Å². The standard InChI is InChI=1S/C27H42N2O5S/c1-15-9-8-10-27(7)22(34-27)12-20(16(2)11-19-14-35-18(4)28-19)29-23(31)13-21(30)26(5,6)25(33)17(3)24(15)32/h11,14-15,17,20-22,24,30,32H,8-10,12-13H2,1-7H3,(H,29,31)/b16-11+/t15?,17?,20-,21?,22?,24-,27+/m0/s1/i2D3,11D,32D. The molecule has 0 spiro atoms. The summed E-state index contributed by atoms with van der Waals surface area (Å²) in [7, 11) is 0. The average molecular weight is 512 g/mol. The molecule has 2 fully saturated rings. The number of thiazole rings is 1. The zero-order valence-corrected chi connectivity index (χ0v) is 22.3. The number of nitrogens with zero attached hydrogens (tertiary/aromatic N) is 1. The molecule has 7 atom stereocenters. The van der Waals surface area contributed by atoms with Crippen molar-refractivity contribution < 1.29 is 30.0 Å². The van der Waals surface area contributed by atoms with Crippen molar-refractivity contribution in [2.45, 2.75) is 110 Å². The van der Waals surface area contributed by atoms with Crippen LogP contribution < -0.4 is 5.32 Å². The van der Waals surface area contributed by atoms with Crippen LogP contribution in [0.5, 0.6) is 0 Å². The van der Waals surface area contributed by atoms with Gasteiger partial charge in [0.25, 0.3) is 0 Å². The van der Waals surface area contributed by atoms with Crippen LogP contribution >= 0.6 is 11.3 Å². The Balaban J connectivity index is 2.01. The van der Waals surface area contributed by atoms with Crippen molar-refractivity contribution >= 4 is 29.1 Å². The van der Waals surface area contributed by atoms with Crippen LogP contribution in [-0.2, 0) is 14.3 Å². The van der Waals surface area contributed by atoms with Crippen LogP contribution in [0.3, 0.4) is 0 Å². The number of aromatic nitrogens is 1. The van der Waals surface area contributed by atoms with Gasteiger partial charge >= 0.3 is 0 Å². The first-order chi connectivity index (χ1) is 18.4. The fourth-order valence-electron chi connectivity index (χ4n) is 4.93. The second kappa shape index (κ2) is 10.8. The molecule has 0 aromatic carbocycles.